The van der Waals surface area contributed by atoms with Gasteiger partial charge in [0.15, 0.2) is 17.3 Å². The second-order valence-corrected chi connectivity index (χ2v) is 5.88. The van der Waals surface area contributed by atoms with E-state index in [2.05, 4.69) is 20.0 Å². The maximum absolute atomic E-state index is 14.3. The molecule has 10 heteroatoms. The van der Waals surface area contributed by atoms with Crippen molar-refractivity contribution in [3.05, 3.63) is 47.8 Å². The highest BCUT2D eigenvalue weighted by Gasteiger charge is 2.15. The van der Waals surface area contributed by atoms with Gasteiger partial charge in [0.25, 0.3) is 0 Å². The summed E-state index contributed by atoms with van der Waals surface area (Å²) in [5.74, 6) is -0.553. The molecule has 1 N–H and O–H groups in total. The lowest BCUT2D eigenvalue weighted by Gasteiger charge is -2.14. The molecule has 2 aromatic carbocycles. The maximum atomic E-state index is 14.3. The molecule has 154 valence electrons. The van der Waals surface area contributed by atoms with Crippen LogP contribution in [0.4, 0.5) is 29.1 Å². The second kappa shape index (κ2) is 8.91. The molecule has 0 saturated carbocycles. The van der Waals surface area contributed by atoms with E-state index < -0.39 is 18.2 Å². The lowest BCUT2D eigenvalue weighted by atomic mass is 10.1. The highest BCUT2D eigenvalue weighted by atomic mass is 19.3. The van der Waals surface area contributed by atoms with Crippen LogP contribution >= 0.6 is 0 Å². The summed E-state index contributed by atoms with van der Waals surface area (Å²) >= 11 is 0. The van der Waals surface area contributed by atoms with E-state index in [1.165, 1.54) is 32.5 Å². The van der Waals surface area contributed by atoms with Crippen LogP contribution in [0.25, 0.3) is 10.9 Å². The van der Waals surface area contributed by atoms with E-state index in [0.717, 1.165) is 6.07 Å². The zero-order valence-corrected chi connectivity index (χ0v) is 15.5. The van der Waals surface area contributed by atoms with Crippen LogP contribution in [-0.2, 0) is 4.74 Å². The molecule has 3 rings (SSSR count). The molecule has 0 aliphatic carbocycles. The molecule has 0 unspecified atom stereocenters. The van der Waals surface area contributed by atoms with Crippen molar-refractivity contribution in [1.29, 1.82) is 0 Å². The second-order valence-electron chi connectivity index (χ2n) is 5.88. The van der Waals surface area contributed by atoms with Crippen molar-refractivity contribution in [2.45, 2.75) is 13.5 Å². The number of anilines is 2. The monoisotopic (exact) mass is 411 g/mol. The van der Waals surface area contributed by atoms with Crippen LogP contribution < -0.4 is 14.8 Å². The first-order valence-corrected chi connectivity index (χ1v) is 8.47. The Morgan fingerprint density at radius 2 is 1.86 bits per heavy atom. The first-order chi connectivity index (χ1) is 13.9. The molecular weight excluding hydrogens is 394 g/mol. The van der Waals surface area contributed by atoms with Gasteiger partial charge in [-0.2, -0.15) is 8.78 Å². The zero-order valence-electron chi connectivity index (χ0n) is 15.5. The van der Waals surface area contributed by atoms with Crippen LogP contribution in [0.3, 0.4) is 0 Å². The van der Waals surface area contributed by atoms with Crippen molar-refractivity contribution < 1.29 is 31.8 Å². The summed E-state index contributed by atoms with van der Waals surface area (Å²) < 4.78 is 66.7. The smallest absolute Gasteiger partial charge is 0.345 e. The molecule has 0 aliphatic rings. The molecule has 0 amide bonds. The molecule has 0 fully saturated rings. The third kappa shape index (κ3) is 4.65. The number of ether oxygens (including phenoxy) is 3. The van der Waals surface area contributed by atoms with Gasteiger partial charge < -0.3 is 19.5 Å². The number of rotatable bonds is 8. The van der Waals surface area contributed by atoms with Gasteiger partial charge in [-0.05, 0) is 25.1 Å². The summed E-state index contributed by atoms with van der Waals surface area (Å²) in [6, 6.07) is 5.52. The average molecular weight is 411 g/mol. The quantitative estimate of drug-likeness (QED) is 0.432. The van der Waals surface area contributed by atoms with Crippen molar-refractivity contribution >= 4 is 22.4 Å². The minimum Gasteiger partial charge on any atom is -0.493 e. The zero-order chi connectivity index (χ0) is 21.0. The molecule has 0 saturated heterocycles. The Labute approximate surface area is 163 Å². The summed E-state index contributed by atoms with van der Waals surface area (Å²) in [7, 11) is 1.41. The van der Waals surface area contributed by atoms with E-state index in [4.69, 9.17) is 9.47 Å². The van der Waals surface area contributed by atoms with E-state index in [1.807, 2.05) is 0 Å². The Morgan fingerprint density at radius 3 is 2.59 bits per heavy atom. The van der Waals surface area contributed by atoms with Crippen LogP contribution in [-0.4, -0.2) is 36.9 Å². The summed E-state index contributed by atoms with van der Waals surface area (Å²) in [5, 5.41) is 3.31. The number of nitrogens with one attached hydrogen (secondary N) is 1. The SMILES string of the molecule is COc1cc2c(Nc3ccc(F)c(C)c3F)ncnc2cc1OCCOC(F)F. The van der Waals surface area contributed by atoms with Gasteiger partial charge in [0.1, 0.15) is 24.6 Å². The van der Waals surface area contributed by atoms with Gasteiger partial charge in [-0.25, -0.2) is 18.7 Å². The minimum absolute atomic E-state index is 0.0485. The predicted octanol–water partition coefficient (Wildman–Crippen LogP) is 4.59. The van der Waals surface area contributed by atoms with Gasteiger partial charge in [0.2, 0.25) is 0 Å². The van der Waals surface area contributed by atoms with E-state index in [9.17, 15) is 17.6 Å². The number of aromatic nitrogens is 2. The number of alkyl halides is 2. The van der Waals surface area contributed by atoms with Crippen molar-refractivity contribution in [3.8, 4) is 11.5 Å². The van der Waals surface area contributed by atoms with Crippen LogP contribution in [0.15, 0.2) is 30.6 Å². The van der Waals surface area contributed by atoms with E-state index in [1.54, 1.807) is 6.07 Å². The van der Waals surface area contributed by atoms with Crippen LogP contribution in [0, 0.1) is 18.6 Å². The molecule has 29 heavy (non-hydrogen) atoms. The van der Waals surface area contributed by atoms with Crippen molar-refractivity contribution in [2.75, 3.05) is 25.6 Å². The Balaban J connectivity index is 1.91. The third-order valence-corrected chi connectivity index (χ3v) is 4.08. The molecule has 0 spiro atoms. The van der Waals surface area contributed by atoms with Crippen molar-refractivity contribution in [2.24, 2.45) is 0 Å². The van der Waals surface area contributed by atoms with Gasteiger partial charge in [-0.15, -0.1) is 0 Å². The topological polar surface area (TPSA) is 65.5 Å². The fourth-order valence-corrected chi connectivity index (χ4v) is 2.61. The maximum Gasteiger partial charge on any atom is 0.345 e. The average Bonchev–Trinajstić information content (AvgIpc) is 2.71. The number of methoxy groups -OCH3 is 1. The number of fused-ring (bicyclic) bond motifs is 1. The minimum atomic E-state index is -2.88. The fourth-order valence-electron chi connectivity index (χ4n) is 2.61. The van der Waals surface area contributed by atoms with Gasteiger partial charge in [0, 0.05) is 17.0 Å². The Bertz CT molecular complexity index is 1020. The Morgan fingerprint density at radius 1 is 1.07 bits per heavy atom. The van der Waals surface area contributed by atoms with Crippen LogP contribution in [0.5, 0.6) is 11.5 Å². The molecule has 6 nitrogen and oxygen atoms in total. The number of halogens is 4. The highest BCUT2D eigenvalue weighted by Crippen LogP contribution is 2.35. The van der Waals surface area contributed by atoms with E-state index in [-0.39, 0.29) is 36.0 Å². The van der Waals surface area contributed by atoms with Crippen LogP contribution in [0.2, 0.25) is 0 Å². The molecule has 0 aliphatic heterocycles. The summed E-state index contributed by atoms with van der Waals surface area (Å²) in [6.45, 7) is -1.98. The molecule has 3 aromatic rings. The largest absolute Gasteiger partial charge is 0.493 e. The molecule has 0 atom stereocenters. The first-order valence-electron chi connectivity index (χ1n) is 8.47. The van der Waals surface area contributed by atoms with E-state index in [0.29, 0.717) is 16.7 Å². The summed E-state index contributed by atoms with van der Waals surface area (Å²) in [6.07, 6.45) is 1.26. The van der Waals surface area contributed by atoms with Crippen LogP contribution in [0.1, 0.15) is 5.56 Å². The lowest BCUT2D eigenvalue weighted by Crippen LogP contribution is -2.10. The van der Waals surface area contributed by atoms with Gasteiger partial charge >= 0.3 is 6.61 Å². The molecule has 1 aromatic heterocycles. The third-order valence-electron chi connectivity index (χ3n) is 4.08. The molecule has 1 heterocycles. The molecular formula is C19H17F4N3O3. The Kier molecular flexibility index (Phi) is 6.32. The summed E-state index contributed by atoms with van der Waals surface area (Å²) in [4.78, 5) is 8.25. The van der Waals surface area contributed by atoms with Gasteiger partial charge in [-0.3, -0.25) is 0 Å². The number of nitrogens with zero attached hydrogens (tertiary/aromatic N) is 2. The van der Waals surface area contributed by atoms with Gasteiger partial charge in [-0.1, -0.05) is 0 Å². The molecule has 0 bridgehead atoms. The predicted molar refractivity (Wildman–Crippen MR) is 97.9 cm³/mol. The number of hydrogen-bond donors (Lipinski definition) is 1. The standard InChI is InChI=1S/C19H17F4N3O3/c1-10-12(20)3-4-13(17(10)21)26-18-11-7-15(27-2)16(8-14(11)24-9-25-18)28-5-6-29-19(22)23/h3-4,7-9,19H,5-6H2,1-2H3,(H,24,25,26). The normalized spacial score (nSPS) is 11.1. The first kappa shape index (κ1) is 20.6. The molecule has 0 radical (unpaired) electrons. The summed E-state index contributed by atoms with van der Waals surface area (Å²) in [5.41, 5.74) is 0.368. The number of hydrogen-bond acceptors (Lipinski definition) is 6. The lowest BCUT2D eigenvalue weighted by molar-refractivity contribution is -0.133. The van der Waals surface area contributed by atoms with Gasteiger partial charge in [0.05, 0.1) is 24.9 Å². The van der Waals surface area contributed by atoms with E-state index >= 15 is 0 Å². The highest BCUT2D eigenvalue weighted by molar-refractivity contribution is 5.93. The van der Waals surface area contributed by atoms with Crippen molar-refractivity contribution in [3.63, 3.8) is 0 Å². The van der Waals surface area contributed by atoms with Crippen molar-refractivity contribution in [1.82, 2.24) is 9.97 Å². The number of benzene rings is 2. The Hall–Kier alpha value is -3.14. The fraction of sp³-hybridized carbons (Fsp3) is 0.263.